The Morgan fingerprint density at radius 3 is 2.68 bits per heavy atom. The summed E-state index contributed by atoms with van der Waals surface area (Å²) >= 11 is 0. The standard InChI is InChI=1S/C18H15N3O/c1-20-18(19)17-9-8-16(22-17)11-6-7-15-13(10-11)12-4-2-3-5-14(12)21-15/h2-10,21H,1H3,(H2,19,20). The maximum absolute atomic E-state index is 5.79. The van der Waals surface area contributed by atoms with Crippen molar-refractivity contribution in [3.8, 4) is 11.3 Å². The Balaban J connectivity index is 1.88. The molecule has 2 aromatic carbocycles. The highest BCUT2D eigenvalue weighted by molar-refractivity contribution is 6.08. The summed E-state index contributed by atoms with van der Waals surface area (Å²) in [6.45, 7) is 0. The van der Waals surface area contributed by atoms with Gasteiger partial charge >= 0.3 is 0 Å². The van der Waals surface area contributed by atoms with Crippen LogP contribution < -0.4 is 5.73 Å². The lowest BCUT2D eigenvalue weighted by Crippen LogP contribution is -2.11. The fourth-order valence-electron chi connectivity index (χ4n) is 2.74. The Morgan fingerprint density at radius 1 is 1.00 bits per heavy atom. The monoisotopic (exact) mass is 289 g/mol. The Kier molecular flexibility index (Phi) is 2.76. The van der Waals surface area contributed by atoms with Crippen molar-refractivity contribution in [2.75, 3.05) is 7.05 Å². The van der Waals surface area contributed by atoms with E-state index in [4.69, 9.17) is 10.2 Å². The summed E-state index contributed by atoms with van der Waals surface area (Å²) in [6, 6.07) is 18.3. The van der Waals surface area contributed by atoms with Crippen LogP contribution in [0, 0.1) is 0 Å². The highest BCUT2D eigenvalue weighted by Gasteiger charge is 2.10. The minimum Gasteiger partial charge on any atom is -0.453 e. The highest BCUT2D eigenvalue weighted by Crippen LogP contribution is 2.30. The maximum Gasteiger partial charge on any atom is 0.169 e. The molecule has 22 heavy (non-hydrogen) atoms. The summed E-state index contributed by atoms with van der Waals surface area (Å²) in [5, 5.41) is 2.39. The molecule has 0 fully saturated rings. The Hall–Kier alpha value is -3.01. The van der Waals surface area contributed by atoms with E-state index < -0.39 is 0 Å². The number of aromatic amines is 1. The van der Waals surface area contributed by atoms with Gasteiger partial charge in [0.1, 0.15) is 5.76 Å². The molecule has 3 N–H and O–H groups in total. The fraction of sp³-hybridized carbons (Fsp3) is 0.0556. The molecule has 0 aliphatic heterocycles. The molecule has 4 aromatic rings. The molecule has 0 radical (unpaired) electrons. The summed E-state index contributed by atoms with van der Waals surface area (Å²) in [5.41, 5.74) is 9.06. The molecule has 4 nitrogen and oxygen atoms in total. The number of nitrogens with two attached hydrogens (primary N) is 1. The minimum absolute atomic E-state index is 0.402. The van der Waals surface area contributed by atoms with Crippen LogP contribution in [-0.2, 0) is 0 Å². The van der Waals surface area contributed by atoms with Gasteiger partial charge in [-0.05, 0) is 36.4 Å². The van der Waals surface area contributed by atoms with Crippen LogP contribution >= 0.6 is 0 Å². The third-order valence-electron chi connectivity index (χ3n) is 3.89. The number of aromatic nitrogens is 1. The number of para-hydroxylation sites is 1. The number of hydrogen-bond acceptors (Lipinski definition) is 2. The molecule has 0 amide bonds. The highest BCUT2D eigenvalue weighted by atomic mass is 16.3. The number of furan rings is 1. The summed E-state index contributed by atoms with van der Waals surface area (Å²) in [5.74, 6) is 1.78. The molecule has 0 bridgehead atoms. The maximum atomic E-state index is 5.79. The van der Waals surface area contributed by atoms with Crippen LogP contribution in [0.25, 0.3) is 33.1 Å². The molecule has 0 atom stereocenters. The van der Waals surface area contributed by atoms with Crippen molar-refractivity contribution in [3.63, 3.8) is 0 Å². The average molecular weight is 289 g/mol. The van der Waals surface area contributed by atoms with E-state index in [1.807, 2.05) is 30.3 Å². The molecule has 0 aliphatic carbocycles. The molecule has 0 saturated heterocycles. The van der Waals surface area contributed by atoms with E-state index in [0.29, 0.717) is 11.6 Å². The van der Waals surface area contributed by atoms with E-state index in [1.54, 1.807) is 7.05 Å². The zero-order valence-electron chi connectivity index (χ0n) is 12.1. The molecular weight excluding hydrogens is 274 g/mol. The van der Waals surface area contributed by atoms with Crippen molar-refractivity contribution in [2.24, 2.45) is 10.7 Å². The Bertz CT molecular complexity index is 1010. The van der Waals surface area contributed by atoms with Gasteiger partial charge in [0.05, 0.1) is 0 Å². The van der Waals surface area contributed by atoms with Crippen LogP contribution in [0.15, 0.2) is 64.0 Å². The first-order valence-electron chi connectivity index (χ1n) is 7.09. The second kappa shape index (κ2) is 4.77. The number of hydrogen-bond donors (Lipinski definition) is 2. The first kappa shape index (κ1) is 12.7. The van der Waals surface area contributed by atoms with Gasteiger partial charge in [0.15, 0.2) is 11.6 Å². The Morgan fingerprint density at radius 2 is 1.82 bits per heavy atom. The van der Waals surface area contributed by atoms with Gasteiger partial charge in [-0.25, -0.2) is 0 Å². The molecular formula is C18H15N3O. The van der Waals surface area contributed by atoms with E-state index in [0.717, 1.165) is 22.4 Å². The lowest BCUT2D eigenvalue weighted by molar-refractivity contribution is 0.571. The smallest absolute Gasteiger partial charge is 0.169 e. The molecule has 0 spiro atoms. The van der Waals surface area contributed by atoms with Crippen molar-refractivity contribution in [2.45, 2.75) is 0 Å². The number of H-pyrrole nitrogens is 1. The number of nitrogens with zero attached hydrogens (tertiary/aromatic N) is 1. The molecule has 2 heterocycles. The molecule has 108 valence electrons. The van der Waals surface area contributed by atoms with Gasteiger partial charge in [0, 0.05) is 34.4 Å². The Labute approximate surface area is 127 Å². The number of rotatable bonds is 2. The SMILES string of the molecule is CN=C(N)c1ccc(-c2ccc3[nH]c4ccccc4c3c2)o1. The van der Waals surface area contributed by atoms with Gasteiger partial charge in [0.25, 0.3) is 0 Å². The number of fused-ring (bicyclic) bond motifs is 3. The van der Waals surface area contributed by atoms with Crippen LogP contribution in [-0.4, -0.2) is 17.9 Å². The van der Waals surface area contributed by atoms with Crippen molar-refractivity contribution < 1.29 is 4.42 Å². The normalized spacial score (nSPS) is 12.3. The zero-order chi connectivity index (χ0) is 15.1. The topological polar surface area (TPSA) is 67.3 Å². The van der Waals surface area contributed by atoms with Crippen LogP contribution in [0.4, 0.5) is 0 Å². The summed E-state index contributed by atoms with van der Waals surface area (Å²) in [7, 11) is 1.65. The quantitative estimate of drug-likeness (QED) is 0.434. The van der Waals surface area contributed by atoms with Gasteiger partial charge in [-0.15, -0.1) is 0 Å². The van der Waals surface area contributed by atoms with E-state index in [-0.39, 0.29) is 0 Å². The first-order valence-corrected chi connectivity index (χ1v) is 7.09. The third-order valence-corrected chi connectivity index (χ3v) is 3.89. The van der Waals surface area contributed by atoms with Crippen molar-refractivity contribution in [1.29, 1.82) is 0 Å². The molecule has 2 aromatic heterocycles. The van der Waals surface area contributed by atoms with Crippen LogP contribution in [0.1, 0.15) is 5.76 Å². The number of benzene rings is 2. The van der Waals surface area contributed by atoms with E-state index in [2.05, 4.69) is 34.2 Å². The van der Waals surface area contributed by atoms with E-state index >= 15 is 0 Å². The van der Waals surface area contributed by atoms with E-state index in [9.17, 15) is 0 Å². The second-order valence-electron chi connectivity index (χ2n) is 5.20. The average Bonchev–Trinajstić information content (AvgIpc) is 3.18. The molecule has 4 heteroatoms. The molecule has 0 aliphatic rings. The van der Waals surface area contributed by atoms with Crippen LogP contribution in [0.2, 0.25) is 0 Å². The zero-order valence-corrected chi connectivity index (χ0v) is 12.1. The van der Waals surface area contributed by atoms with Crippen LogP contribution in [0.5, 0.6) is 0 Å². The summed E-state index contributed by atoms with van der Waals surface area (Å²) in [6.07, 6.45) is 0. The van der Waals surface area contributed by atoms with Crippen molar-refractivity contribution in [1.82, 2.24) is 4.98 Å². The summed E-state index contributed by atoms with van der Waals surface area (Å²) in [4.78, 5) is 7.36. The minimum atomic E-state index is 0.402. The molecule has 0 saturated carbocycles. The number of amidine groups is 1. The molecule has 4 rings (SSSR count). The van der Waals surface area contributed by atoms with Gasteiger partial charge < -0.3 is 15.1 Å². The fourth-order valence-corrected chi connectivity index (χ4v) is 2.74. The van der Waals surface area contributed by atoms with E-state index in [1.165, 1.54) is 10.8 Å². The van der Waals surface area contributed by atoms with Crippen molar-refractivity contribution in [3.05, 3.63) is 60.4 Å². The predicted molar refractivity (Wildman–Crippen MR) is 90.2 cm³/mol. The lowest BCUT2D eigenvalue weighted by Gasteiger charge is -1.99. The van der Waals surface area contributed by atoms with Gasteiger partial charge in [-0.3, -0.25) is 4.99 Å². The third kappa shape index (κ3) is 1.89. The predicted octanol–water partition coefficient (Wildman–Crippen LogP) is 3.92. The van der Waals surface area contributed by atoms with Gasteiger partial charge in [-0.2, -0.15) is 0 Å². The number of aliphatic imine (C=N–C) groups is 1. The molecule has 0 unspecified atom stereocenters. The summed E-state index contributed by atoms with van der Waals surface area (Å²) < 4.78 is 5.79. The largest absolute Gasteiger partial charge is 0.453 e. The second-order valence-corrected chi connectivity index (χ2v) is 5.20. The van der Waals surface area contributed by atoms with Crippen LogP contribution in [0.3, 0.4) is 0 Å². The van der Waals surface area contributed by atoms with Gasteiger partial charge in [-0.1, -0.05) is 18.2 Å². The first-order chi connectivity index (χ1) is 10.8. The number of nitrogens with one attached hydrogen (secondary N) is 1. The van der Waals surface area contributed by atoms with Gasteiger partial charge in [0.2, 0.25) is 0 Å². The van der Waals surface area contributed by atoms with Crippen molar-refractivity contribution >= 4 is 27.6 Å². The lowest BCUT2D eigenvalue weighted by atomic mass is 10.1.